The SMILES string of the molecule is CCCCCc1noc(N)c1-c1ccc(Cl)cc1Cl. The molecule has 2 N–H and O–H groups in total. The minimum absolute atomic E-state index is 0.302. The van der Waals surface area contributed by atoms with E-state index >= 15 is 0 Å². The summed E-state index contributed by atoms with van der Waals surface area (Å²) in [5.41, 5.74) is 8.33. The summed E-state index contributed by atoms with van der Waals surface area (Å²) in [6, 6.07) is 5.32. The maximum atomic E-state index is 6.22. The van der Waals surface area contributed by atoms with Crippen LogP contribution in [0.15, 0.2) is 22.7 Å². The maximum Gasteiger partial charge on any atom is 0.230 e. The number of nitrogens with two attached hydrogens (primary N) is 1. The first-order chi connectivity index (χ1) is 9.13. The molecule has 102 valence electrons. The zero-order valence-electron chi connectivity index (χ0n) is 10.7. The van der Waals surface area contributed by atoms with Crippen molar-refractivity contribution >= 4 is 29.1 Å². The molecule has 3 nitrogen and oxygen atoms in total. The van der Waals surface area contributed by atoms with E-state index in [2.05, 4.69) is 12.1 Å². The molecule has 19 heavy (non-hydrogen) atoms. The van der Waals surface area contributed by atoms with Crippen LogP contribution < -0.4 is 5.73 Å². The molecule has 0 bridgehead atoms. The van der Waals surface area contributed by atoms with Crippen LogP contribution in [0.25, 0.3) is 11.1 Å². The van der Waals surface area contributed by atoms with E-state index in [0.717, 1.165) is 42.5 Å². The summed E-state index contributed by atoms with van der Waals surface area (Å²) < 4.78 is 5.10. The third-order valence-electron chi connectivity index (χ3n) is 3.01. The van der Waals surface area contributed by atoms with Crippen LogP contribution in [0, 0.1) is 0 Å². The zero-order chi connectivity index (χ0) is 13.8. The van der Waals surface area contributed by atoms with Gasteiger partial charge >= 0.3 is 0 Å². The lowest BCUT2D eigenvalue weighted by Gasteiger charge is -2.05. The Morgan fingerprint density at radius 2 is 2.05 bits per heavy atom. The summed E-state index contributed by atoms with van der Waals surface area (Å²) in [5.74, 6) is 0.302. The Kier molecular flexibility index (Phi) is 4.72. The number of anilines is 1. The van der Waals surface area contributed by atoms with Gasteiger partial charge in [-0.25, -0.2) is 0 Å². The fourth-order valence-electron chi connectivity index (χ4n) is 2.03. The van der Waals surface area contributed by atoms with Crippen LogP contribution in [-0.4, -0.2) is 5.16 Å². The van der Waals surface area contributed by atoms with Crippen LogP contribution in [0.1, 0.15) is 31.9 Å². The zero-order valence-corrected chi connectivity index (χ0v) is 12.3. The number of unbranched alkanes of at least 4 members (excludes halogenated alkanes) is 2. The highest BCUT2D eigenvalue weighted by molar-refractivity contribution is 6.36. The van der Waals surface area contributed by atoms with Gasteiger partial charge in [-0.05, 0) is 25.0 Å². The van der Waals surface area contributed by atoms with Gasteiger partial charge in [0.15, 0.2) is 0 Å². The third kappa shape index (κ3) is 3.23. The van der Waals surface area contributed by atoms with Crippen LogP contribution in [-0.2, 0) is 6.42 Å². The fourth-order valence-corrected chi connectivity index (χ4v) is 2.53. The molecule has 0 radical (unpaired) electrons. The number of hydrogen-bond acceptors (Lipinski definition) is 3. The van der Waals surface area contributed by atoms with Gasteiger partial charge in [0, 0.05) is 10.6 Å². The maximum absolute atomic E-state index is 6.22. The Morgan fingerprint density at radius 1 is 1.26 bits per heavy atom. The van der Waals surface area contributed by atoms with E-state index in [1.54, 1.807) is 12.1 Å². The predicted octanol–water partition coefficient (Wildman–Crippen LogP) is 4.96. The number of aromatic nitrogens is 1. The lowest BCUT2D eigenvalue weighted by atomic mass is 10.0. The first kappa shape index (κ1) is 14.2. The van der Waals surface area contributed by atoms with Crippen molar-refractivity contribution in [3.8, 4) is 11.1 Å². The van der Waals surface area contributed by atoms with Crippen molar-refractivity contribution in [3.05, 3.63) is 33.9 Å². The quantitative estimate of drug-likeness (QED) is 0.793. The second-order valence-corrected chi connectivity index (χ2v) is 5.29. The lowest BCUT2D eigenvalue weighted by molar-refractivity contribution is 0.426. The normalized spacial score (nSPS) is 10.9. The Bertz CT molecular complexity index is 567. The molecule has 0 aliphatic rings. The highest BCUT2D eigenvalue weighted by Crippen LogP contribution is 2.36. The Morgan fingerprint density at radius 3 is 2.74 bits per heavy atom. The van der Waals surface area contributed by atoms with E-state index in [1.165, 1.54) is 0 Å². The van der Waals surface area contributed by atoms with Crippen molar-refractivity contribution in [2.75, 3.05) is 5.73 Å². The molecule has 0 aliphatic carbocycles. The molecule has 0 amide bonds. The summed E-state index contributed by atoms with van der Waals surface area (Å²) in [5, 5.41) is 5.18. The molecule has 5 heteroatoms. The molecule has 2 aromatic rings. The molecule has 2 rings (SSSR count). The summed E-state index contributed by atoms with van der Waals surface area (Å²) >= 11 is 12.1. The van der Waals surface area contributed by atoms with Crippen molar-refractivity contribution in [3.63, 3.8) is 0 Å². The first-order valence-electron chi connectivity index (χ1n) is 6.33. The molecule has 1 aromatic carbocycles. The molecule has 0 saturated heterocycles. The van der Waals surface area contributed by atoms with Crippen molar-refractivity contribution in [1.82, 2.24) is 5.16 Å². The summed E-state index contributed by atoms with van der Waals surface area (Å²) in [6.45, 7) is 2.16. The minimum atomic E-state index is 0.302. The van der Waals surface area contributed by atoms with E-state index in [0.29, 0.717) is 15.9 Å². The monoisotopic (exact) mass is 298 g/mol. The second-order valence-electron chi connectivity index (χ2n) is 4.45. The minimum Gasteiger partial charge on any atom is -0.367 e. The lowest BCUT2D eigenvalue weighted by Crippen LogP contribution is -1.92. The smallest absolute Gasteiger partial charge is 0.230 e. The second kappa shape index (κ2) is 6.31. The largest absolute Gasteiger partial charge is 0.367 e. The van der Waals surface area contributed by atoms with Gasteiger partial charge in [0.25, 0.3) is 0 Å². The molecular formula is C14H16Cl2N2O. The van der Waals surface area contributed by atoms with Gasteiger partial charge in [-0.2, -0.15) is 0 Å². The molecule has 0 aliphatic heterocycles. The van der Waals surface area contributed by atoms with Gasteiger partial charge in [0.2, 0.25) is 5.88 Å². The molecule has 0 saturated carbocycles. The molecule has 1 heterocycles. The van der Waals surface area contributed by atoms with Crippen molar-refractivity contribution in [2.24, 2.45) is 0 Å². The van der Waals surface area contributed by atoms with Crippen molar-refractivity contribution in [1.29, 1.82) is 0 Å². The molecule has 0 fully saturated rings. The van der Waals surface area contributed by atoms with E-state index in [4.69, 9.17) is 33.5 Å². The van der Waals surface area contributed by atoms with Crippen molar-refractivity contribution in [2.45, 2.75) is 32.6 Å². The molecule has 1 aromatic heterocycles. The summed E-state index contributed by atoms with van der Waals surface area (Å²) in [4.78, 5) is 0. The number of hydrogen-bond donors (Lipinski definition) is 1. The predicted molar refractivity (Wildman–Crippen MR) is 79.6 cm³/mol. The average Bonchev–Trinajstić information content (AvgIpc) is 2.72. The van der Waals surface area contributed by atoms with Gasteiger partial charge in [0.05, 0.1) is 16.3 Å². The summed E-state index contributed by atoms with van der Waals surface area (Å²) in [6.07, 6.45) is 4.20. The van der Waals surface area contributed by atoms with Crippen molar-refractivity contribution < 1.29 is 4.52 Å². The van der Waals surface area contributed by atoms with Gasteiger partial charge in [-0.1, -0.05) is 54.2 Å². The van der Waals surface area contributed by atoms with E-state index in [9.17, 15) is 0 Å². The Hall–Kier alpha value is -1.19. The van der Waals surface area contributed by atoms with Gasteiger partial charge in [-0.15, -0.1) is 0 Å². The van der Waals surface area contributed by atoms with Crippen LogP contribution in [0.4, 0.5) is 5.88 Å². The van der Waals surface area contributed by atoms with Crippen LogP contribution >= 0.6 is 23.2 Å². The topological polar surface area (TPSA) is 52.0 Å². The Labute approximate surface area is 122 Å². The number of halogens is 2. The number of rotatable bonds is 5. The fraction of sp³-hybridized carbons (Fsp3) is 0.357. The van der Waals surface area contributed by atoms with E-state index in [1.807, 2.05) is 6.07 Å². The molecule has 0 spiro atoms. The van der Waals surface area contributed by atoms with E-state index in [-0.39, 0.29) is 0 Å². The standard InChI is InChI=1S/C14H16Cl2N2O/c1-2-3-4-5-12-13(14(17)19-18-12)10-7-6-9(15)8-11(10)16/h6-8H,2-5,17H2,1H3. The Balaban J connectivity index is 2.35. The van der Waals surface area contributed by atoms with Crippen LogP contribution in [0.2, 0.25) is 10.0 Å². The van der Waals surface area contributed by atoms with Crippen LogP contribution in [0.3, 0.4) is 0 Å². The van der Waals surface area contributed by atoms with Gasteiger partial charge in [0.1, 0.15) is 0 Å². The highest BCUT2D eigenvalue weighted by atomic mass is 35.5. The molecule has 0 unspecified atom stereocenters. The average molecular weight is 299 g/mol. The highest BCUT2D eigenvalue weighted by Gasteiger charge is 2.17. The first-order valence-corrected chi connectivity index (χ1v) is 7.08. The third-order valence-corrected chi connectivity index (χ3v) is 3.55. The molecular weight excluding hydrogens is 283 g/mol. The number of nitrogen functional groups attached to an aromatic ring is 1. The molecule has 0 atom stereocenters. The van der Waals surface area contributed by atoms with E-state index < -0.39 is 0 Å². The van der Waals surface area contributed by atoms with Gasteiger partial charge in [-0.3, -0.25) is 0 Å². The summed E-state index contributed by atoms with van der Waals surface area (Å²) in [7, 11) is 0. The number of nitrogens with zero attached hydrogens (tertiary/aromatic N) is 1. The number of benzene rings is 1. The van der Waals surface area contributed by atoms with Crippen LogP contribution in [0.5, 0.6) is 0 Å². The van der Waals surface area contributed by atoms with Gasteiger partial charge < -0.3 is 10.3 Å². The number of aryl methyl sites for hydroxylation is 1.